The van der Waals surface area contributed by atoms with E-state index >= 15 is 0 Å². The van der Waals surface area contributed by atoms with Crippen molar-refractivity contribution in [2.24, 2.45) is 0 Å². The summed E-state index contributed by atoms with van der Waals surface area (Å²) in [4.78, 5) is 4.14. The molecule has 0 aliphatic carbocycles. The first-order chi connectivity index (χ1) is 7.22. The molecule has 0 saturated carbocycles. The van der Waals surface area contributed by atoms with E-state index in [1.807, 2.05) is 18.2 Å². The van der Waals surface area contributed by atoms with Gasteiger partial charge < -0.3 is 4.74 Å². The summed E-state index contributed by atoms with van der Waals surface area (Å²) in [5.74, 6) is 1.51. The molecule has 0 spiro atoms. The number of hydrogen-bond acceptors (Lipinski definition) is 4. The molecule has 0 amide bonds. The standard InChI is InChI=1S/C9H11ClN4O/c1-3-15-5-9-13-12-8-4-7(10)11-6(2)14(8)9/h4H,3,5H2,1-2H3. The number of hydrogen-bond donors (Lipinski definition) is 0. The van der Waals surface area contributed by atoms with Crippen LogP contribution in [0.25, 0.3) is 5.65 Å². The van der Waals surface area contributed by atoms with Gasteiger partial charge in [-0.3, -0.25) is 4.40 Å². The van der Waals surface area contributed by atoms with E-state index in [1.54, 1.807) is 6.07 Å². The molecule has 6 heteroatoms. The fourth-order valence-electron chi connectivity index (χ4n) is 1.41. The Morgan fingerprint density at radius 2 is 2.27 bits per heavy atom. The number of fused-ring (bicyclic) bond motifs is 1. The summed E-state index contributed by atoms with van der Waals surface area (Å²) in [6, 6.07) is 1.68. The van der Waals surface area contributed by atoms with Crippen LogP contribution in [-0.2, 0) is 11.3 Å². The fourth-order valence-corrected chi connectivity index (χ4v) is 1.63. The summed E-state index contributed by atoms with van der Waals surface area (Å²) in [7, 11) is 0. The second-order valence-electron chi connectivity index (χ2n) is 3.07. The van der Waals surface area contributed by atoms with Crippen molar-refractivity contribution in [2.45, 2.75) is 20.5 Å². The van der Waals surface area contributed by atoms with Gasteiger partial charge >= 0.3 is 0 Å². The Kier molecular flexibility index (Phi) is 2.83. The van der Waals surface area contributed by atoms with Crippen LogP contribution in [0.1, 0.15) is 18.6 Å². The summed E-state index contributed by atoms with van der Waals surface area (Å²) in [6.07, 6.45) is 0. The van der Waals surface area contributed by atoms with E-state index in [0.717, 1.165) is 11.6 Å². The maximum Gasteiger partial charge on any atom is 0.165 e. The molecule has 2 aromatic rings. The maximum absolute atomic E-state index is 5.81. The zero-order chi connectivity index (χ0) is 10.8. The molecule has 2 rings (SSSR count). The van der Waals surface area contributed by atoms with Crippen molar-refractivity contribution in [3.63, 3.8) is 0 Å². The molecule has 0 saturated heterocycles. The van der Waals surface area contributed by atoms with Crippen LogP contribution in [0.4, 0.5) is 0 Å². The normalized spacial score (nSPS) is 11.1. The predicted octanol–water partition coefficient (Wildman–Crippen LogP) is 1.62. The van der Waals surface area contributed by atoms with Gasteiger partial charge in [0.25, 0.3) is 0 Å². The molecule has 0 fully saturated rings. The third-order valence-electron chi connectivity index (χ3n) is 2.03. The van der Waals surface area contributed by atoms with Crippen LogP contribution in [0.5, 0.6) is 0 Å². The van der Waals surface area contributed by atoms with Gasteiger partial charge in [0.2, 0.25) is 0 Å². The molecular weight excluding hydrogens is 216 g/mol. The fraction of sp³-hybridized carbons (Fsp3) is 0.444. The Morgan fingerprint density at radius 1 is 1.47 bits per heavy atom. The average molecular weight is 227 g/mol. The van der Waals surface area contributed by atoms with Gasteiger partial charge in [0.15, 0.2) is 11.5 Å². The van der Waals surface area contributed by atoms with Crippen LogP contribution in [0.3, 0.4) is 0 Å². The monoisotopic (exact) mass is 226 g/mol. The van der Waals surface area contributed by atoms with Crippen molar-refractivity contribution in [1.29, 1.82) is 0 Å². The lowest BCUT2D eigenvalue weighted by Gasteiger charge is -2.03. The molecule has 0 radical (unpaired) electrons. The highest BCUT2D eigenvalue weighted by Gasteiger charge is 2.09. The van der Waals surface area contributed by atoms with Gasteiger partial charge in [0.1, 0.15) is 17.6 Å². The number of halogens is 1. The highest BCUT2D eigenvalue weighted by atomic mass is 35.5. The SMILES string of the molecule is CCOCc1nnc2cc(Cl)nc(C)n12. The van der Waals surface area contributed by atoms with E-state index in [4.69, 9.17) is 16.3 Å². The van der Waals surface area contributed by atoms with Crippen molar-refractivity contribution in [1.82, 2.24) is 19.6 Å². The van der Waals surface area contributed by atoms with E-state index in [2.05, 4.69) is 15.2 Å². The smallest absolute Gasteiger partial charge is 0.165 e. The molecule has 0 N–H and O–H groups in total. The van der Waals surface area contributed by atoms with Crippen LogP contribution < -0.4 is 0 Å². The zero-order valence-corrected chi connectivity index (χ0v) is 9.32. The topological polar surface area (TPSA) is 52.3 Å². The van der Waals surface area contributed by atoms with Crippen molar-refractivity contribution < 1.29 is 4.74 Å². The molecule has 2 heterocycles. The minimum absolute atomic E-state index is 0.426. The minimum Gasteiger partial charge on any atom is -0.374 e. The van der Waals surface area contributed by atoms with Gasteiger partial charge in [0.05, 0.1) is 0 Å². The zero-order valence-electron chi connectivity index (χ0n) is 8.57. The summed E-state index contributed by atoms with van der Waals surface area (Å²) in [5.41, 5.74) is 0.696. The molecule has 80 valence electrons. The number of ether oxygens (including phenoxy) is 1. The number of aromatic nitrogens is 4. The summed E-state index contributed by atoms with van der Waals surface area (Å²) in [6.45, 7) is 4.87. The molecule has 0 aliphatic heterocycles. The average Bonchev–Trinajstić information content (AvgIpc) is 2.58. The van der Waals surface area contributed by atoms with Gasteiger partial charge in [-0.15, -0.1) is 10.2 Å². The Balaban J connectivity index is 2.49. The number of aryl methyl sites for hydroxylation is 1. The van der Waals surface area contributed by atoms with Gasteiger partial charge in [-0.05, 0) is 13.8 Å². The van der Waals surface area contributed by atoms with Crippen LogP contribution >= 0.6 is 11.6 Å². The Hall–Kier alpha value is -1.20. The molecule has 2 aromatic heterocycles. The first-order valence-corrected chi connectivity index (χ1v) is 5.05. The Bertz CT molecular complexity index is 482. The van der Waals surface area contributed by atoms with E-state index in [1.165, 1.54) is 0 Å². The quantitative estimate of drug-likeness (QED) is 0.747. The highest BCUT2D eigenvalue weighted by Crippen LogP contribution is 2.12. The summed E-state index contributed by atoms with van der Waals surface area (Å²) < 4.78 is 7.12. The lowest BCUT2D eigenvalue weighted by atomic mass is 10.5. The number of rotatable bonds is 3. The highest BCUT2D eigenvalue weighted by molar-refractivity contribution is 6.29. The Labute approximate surface area is 92.1 Å². The summed E-state index contributed by atoms with van der Waals surface area (Å²) in [5, 5.41) is 8.45. The third-order valence-corrected chi connectivity index (χ3v) is 2.22. The largest absolute Gasteiger partial charge is 0.374 e. The second-order valence-corrected chi connectivity index (χ2v) is 3.46. The van der Waals surface area contributed by atoms with Gasteiger partial charge in [-0.25, -0.2) is 4.98 Å². The molecule has 0 atom stereocenters. The van der Waals surface area contributed by atoms with E-state index < -0.39 is 0 Å². The van der Waals surface area contributed by atoms with E-state index in [0.29, 0.717) is 24.0 Å². The van der Waals surface area contributed by atoms with E-state index in [9.17, 15) is 0 Å². The van der Waals surface area contributed by atoms with Crippen LogP contribution in [-0.4, -0.2) is 26.2 Å². The van der Waals surface area contributed by atoms with Crippen LogP contribution in [0.15, 0.2) is 6.07 Å². The molecule has 0 aromatic carbocycles. The van der Waals surface area contributed by atoms with Crippen molar-refractivity contribution in [3.8, 4) is 0 Å². The summed E-state index contributed by atoms with van der Waals surface area (Å²) >= 11 is 5.81. The van der Waals surface area contributed by atoms with Gasteiger partial charge in [-0.1, -0.05) is 11.6 Å². The third kappa shape index (κ3) is 1.93. The molecule has 15 heavy (non-hydrogen) atoms. The molecular formula is C9H11ClN4O. The van der Waals surface area contributed by atoms with Crippen LogP contribution in [0, 0.1) is 6.92 Å². The van der Waals surface area contributed by atoms with Crippen molar-refractivity contribution in [3.05, 3.63) is 22.9 Å². The lowest BCUT2D eigenvalue weighted by Crippen LogP contribution is -2.03. The first-order valence-electron chi connectivity index (χ1n) is 4.67. The molecule has 0 bridgehead atoms. The Morgan fingerprint density at radius 3 is 3.00 bits per heavy atom. The molecule has 5 nitrogen and oxygen atoms in total. The van der Waals surface area contributed by atoms with Crippen molar-refractivity contribution >= 4 is 17.2 Å². The lowest BCUT2D eigenvalue weighted by molar-refractivity contribution is 0.127. The van der Waals surface area contributed by atoms with Crippen molar-refractivity contribution in [2.75, 3.05) is 6.61 Å². The van der Waals surface area contributed by atoms with E-state index in [-0.39, 0.29) is 0 Å². The number of nitrogens with zero attached hydrogens (tertiary/aromatic N) is 4. The van der Waals surface area contributed by atoms with Gasteiger partial charge in [0, 0.05) is 12.7 Å². The molecule has 0 aliphatic rings. The second kappa shape index (κ2) is 4.12. The van der Waals surface area contributed by atoms with Crippen LogP contribution in [0.2, 0.25) is 5.15 Å². The van der Waals surface area contributed by atoms with Gasteiger partial charge in [-0.2, -0.15) is 0 Å². The molecule has 0 unspecified atom stereocenters. The maximum atomic E-state index is 5.81. The predicted molar refractivity (Wildman–Crippen MR) is 55.9 cm³/mol. The minimum atomic E-state index is 0.426. The first kappa shape index (κ1) is 10.3.